The highest BCUT2D eigenvalue weighted by Crippen LogP contribution is 2.31. The average Bonchev–Trinajstić information content (AvgIpc) is 3.10. The molecule has 0 amide bonds. The summed E-state index contributed by atoms with van der Waals surface area (Å²) in [6, 6.07) is 7.40. The van der Waals surface area contributed by atoms with Crippen molar-refractivity contribution in [3.63, 3.8) is 0 Å². The van der Waals surface area contributed by atoms with Crippen molar-refractivity contribution in [1.29, 1.82) is 0 Å². The summed E-state index contributed by atoms with van der Waals surface area (Å²) in [6.07, 6.45) is 11.4. The number of hydrogen-bond acceptors (Lipinski definition) is 3. The lowest BCUT2D eigenvalue weighted by molar-refractivity contribution is 0.360. The van der Waals surface area contributed by atoms with Crippen molar-refractivity contribution in [3.8, 4) is 0 Å². The van der Waals surface area contributed by atoms with E-state index in [-0.39, 0.29) is 6.04 Å². The molecule has 4 heteroatoms. The van der Waals surface area contributed by atoms with Crippen LogP contribution < -0.4 is 5.32 Å². The zero-order valence-electron chi connectivity index (χ0n) is 11.2. The van der Waals surface area contributed by atoms with E-state index < -0.39 is 0 Å². The first-order chi connectivity index (χ1) is 9.34. The molecule has 0 saturated heterocycles. The van der Waals surface area contributed by atoms with Crippen LogP contribution in [-0.2, 0) is 0 Å². The molecule has 3 rings (SSSR count). The molecule has 2 heterocycles. The third-order valence-electron chi connectivity index (χ3n) is 3.98. The molecule has 1 aliphatic carbocycles. The lowest BCUT2D eigenvalue weighted by Crippen LogP contribution is -2.35. The number of hydrogen-bond donors (Lipinski definition) is 1. The van der Waals surface area contributed by atoms with E-state index in [0.29, 0.717) is 12.1 Å². The van der Waals surface area contributed by atoms with Gasteiger partial charge in [-0.3, -0.25) is 4.98 Å². The van der Waals surface area contributed by atoms with Crippen molar-refractivity contribution in [1.82, 2.24) is 19.9 Å². The van der Waals surface area contributed by atoms with E-state index in [9.17, 15) is 0 Å². The summed E-state index contributed by atoms with van der Waals surface area (Å²) in [5.74, 6) is 0. The summed E-state index contributed by atoms with van der Waals surface area (Å²) in [4.78, 5) is 8.59. The van der Waals surface area contributed by atoms with Crippen LogP contribution in [0.4, 0.5) is 0 Å². The van der Waals surface area contributed by atoms with Gasteiger partial charge in [0.05, 0.1) is 12.0 Å². The predicted molar refractivity (Wildman–Crippen MR) is 74.7 cm³/mol. The van der Waals surface area contributed by atoms with Gasteiger partial charge in [0.15, 0.2) is 0 Å². The quantitative estimate of drug-likeness (QED) is 0.914. The molecule has 0 bridgehead atoms. The Labute approximate surface area is 113 Å². The normalized spacial score (nSPS) is 24.5. The van der Waals surface area contributed by atoms with Crippen LogP contribution in [0.2, 0.25) is 0 Å². The van der Waals surface area contributed by atoms with E-state index in [1.165, 1.54) is 19.3 Å². The maximum atomic E-state index is 4.43. The lowest BCUT2D eigenvalue weighted by Gasteiger charge is -2.25. The molecule has 1 aliphatic rings. The maximum Gasteiger partial charge on any atom is 0.0949 e. The van der Waals surface area contributed by atoms with Gasteiger partial charge in [0, 0.05) is 36.7 Å². The number of rotatable bonds is 4. The van der Waals surface area contributed by atoms with Crippen LogP contribution in [0.3, 0.4) is 0 Å². The van der Waals surface area contributed by atoms with Crippen LogP contribution in [0.15, 0.2) is 43.1 Å². The molecule has 19 heavy (non-hydrogen) atoms. The molecule has 3 unspecified atom stereocenters. The monoisotopic (exact) mass is 256 g/mol. The summed E-state index contributed by atoms with van der Waals surface area (Å²) in [7, 11) is 0. The largest absolute Gasteiger partial charge is 0.333 e. The van der Waals surface area contributed by atoms with Crippen molar-refractivity contribution in [2.24, 2.45) is 0 Å². The molecule has 2 aromatic heterocycles. The van der Waals surface area contributed by atoms with E-state index in [0.717, 1.165) is 5.69 Å². The Morgan fingerprint density at radius 3 is 3.00 bits per heavy atom. The molecule has 100 valence electrons. The molecule has 0 aliphatic heterocycles. The molecular formula is C15H20N4. The van der Waals surface area contributed by atoms with Gasteiger partial charge in [-0.1, -0.05) is 6.07 Å². The highest BCUT2D eigenvalue weighted by Gasteiger charge is 2.29. The molecule has 3 atom stereocenters. The number of imidazole rings is 1. The van der Waals surface area contributed by atoms with Gasteiger partial charge in [-0.15, -0.1) is 0 Å². The second-order valence-electron chi connectivity index (χ2n) is 5.26. The fourth-order valence-electron chi connectivity index (χ4n) is 3.00. The topological polar surface area (TPSA) is 42.7 Å². The molecule has 0 radical (unpaired) electrons. The van der Waals surface area contributed by atoms with Gasteiger partial charge in [-0.05, 0) is 38.3 Å². The van der Waals surface area contributed by atoms with Crippen LogP contribution in [0.25, 0.3) is 0 Å². The summed E-state index contributed by atoms with van der Waals surface area (Å²) in [6.45, 7) is 2.19. The van der Waals surface area contributed by atoms with Gasteiger partial charge < -0.3 is 9.88 Å². The minimum absolute atomic E-state index is 0.287. The Morgan fingerprint density at radius 1 is 1.32 bits per heavy atom. The summed E-state index contributed by atoms with van der Waals surface area (Å²) >= 11 is 0. The van der Waals surface area contributed by atoms with Crippen LogP contribution in [0.1, 0.15) is 44.0 Å². The third kappa shape index (κ3) is 2.68. The molecule has 1 N–H and O–H groups in total. The summed E-state index contributed by atoms with van der Waals surface area (Å²) in [5.41, 5.74) is 1.11. The number of aromatic nitrogens is 3. The van der Waals surface area contributed by atoms with Crippen LogP contribution in [0.5, 0.6) is 0 Å². The second-order valence-corrected chi connectivity index (χ2v) is 5.26. The number of nitrogens with one attached hydrogen (secondary N) is 1. The highest BCUT2D eigenvalue weighted by molar-refractivity contribution is 5.08. The van der Waals surface area contributed by atoms with Crippen molar-refractivity contribution in [2.75, 3.05) is 0 Å². The average molecular weight is 256 g/mol. The standard InChI is InChI=1S/C15H20N4/c1-12(13-5-2-3-8-17-13)18-14-6-4-7-15(14)19-10-9-16-11-19/h2-3,5,8-12,14-15,18H,4,6-7H2,1H3. The van der Waals surface area contributed by atoms with Crippen molar-refractivity contribution >= 4 is 0 Å². The smallest absolute Gasteiger partial charge is 0.0949 e. The van der Waals surface area contributed by atoms with Crippen LogP contribution in [-0.4, -0.2) is 20.6 Å². The van der Waals surface area contributed by atoms with Crippen LogP contribution >= 0.6 is 0 Å². The number of pyridine rings is 1. The zero-order valence-corrected chi connectivity index (χ0v) is 11.2. The van der Waals surface area contributed by atoms with Gasteiger partial charge in [-0.2, -0.15) is 0 Å². The first-order valence-corrected chi connectivity index (χ1v) is 6.99. The highest BCUT2D eigenvalue weighted by atomic mass is 15.1. The first kappa shape index (κ1) is 12.4. The molecule has 0 spiro atoms. The minimum atomic E-state index is 0.287. The van der Waals surface area contributed by atoms with E-state index in [2.05, 4.69) is 39.0 Å². The first-order valence-electron chi connectivity index (χ1n) is 6.99. The van der Waals surface area contributed by atoms with Gasteiger partial charge in [-0.25, -0.2) is 4.98 Å². The summed E-state index contributed by atoms with van der Waals surface area (Å²) in [5, 5.41) is 3.72. The molecule has 0 aromatic carbocycles. The van der Waals surface area contributed by atoms with Crippen molar-refractivity contribution in [3.05, 3.63) is 48.8 Å². The SMILES string of the molecule is CC(NC1CCCC1n1ccnc1)c1ccccn1. The van der Waals surface area contributed by atoms with Gasteiger partial charge in [0.2, 0.25) is 0 Å². The zero-order chi connectivity index (χ0) is 13.1. The molecule has 4 nitrogen and oxygen atoms in total. The van der Waals surface area contributed by atoms with Crippen LogP contribution in [0, 0.1) is 0 Å². The molecule has 1 fully saturated rings. The summed E-state index contributed by atoms with van der Waals surface area (Å²) < 4.78 is 2.23. The minimum Gasteiger partial charge on any atom is -0.333 e. The van der Waals surface area contributed by atoms with E-state index in [1.54, 1.807) is 0 Å². The Hall–Kier alpha value is -1.68. The fraction of sp³-hybridized carbons (Fsp3) is 0.467. The van der Waals surface area contributed by atoms with Gasteiger partial charge >= 0.3 is 0 Å². The molecule has 2 aromatic rings. The Balaban J connectivity index is 1.69. The Morgan fingerprint density at radius 2 is 2.26 bits per heavy atom. The fourth-order valence-corrected chi connectivity index (χ4v) is 3.00. The Kier molecular flexibility index (Phi) is 3.60. The maximum absolute atomic E-state index is 4.43. The molecular weight excluding hydrogens is 236 g/mol. The third-order valence-corrected chi connectivity index (χ3v) is 3.98. The van der Waals surface area contributed by atoms with E-state index >= 15 is 0 Å². The number of nitrogens with zero attached hydrogens (tertiary/aromatic N) is 3. The van der Waals surface area contributed by atoms with E-state index in [1.807, 2.05) is 30.9 Å². The predicted octanol–water partition coefficient (Wildman–Crippen LogP) is 2.72. The lowest BCUT2D eigenvalue weighted by atomic mass is 10.1. The van der Waals surface area contributed by atoms with Crippen molar-refractivity contribution < 1.29 is 0 Å². The molecule has 1 saturated carbocycles. The van der Waals surface area contributed by atoms with Gasteiger partial charge in [0.1, 0.15) is 0 Å². The second kappa shape index (κ2) is 5.53. The van der Waals surface area contributed by atoms with Crippen molar-refractivity contribution in [2.45, 2.75) is 44.3 Å². The Bertz CT molecular complexity index is 494. The van der Waals surface area contributed by atoms with Gasteiger partial charge in [0.25, 0.3) is 0 Å². The van der Waals surface area contributed by atoms with E-state index in [4.69, 9.17) is 0 Å².